The van der Waals surface area contributed by atoms with E-state index >= 15 is 0 Å². The van der Waals surface area contributed by atoms with Gasteiger partial charge < -0.3 is 50.0 Å². The van der Waals surface area contributed by atoms with Crippen molar-refractivity contribution in [2.75, 3.05) is 13.2 Å². The van der Waals surface area contributed by atoms with Crippen molar-refractivity contribution in [3.8, 4) is 0 Å². The molecule has 0 bridgehead atoms. The SMILES string of the molecule is OC[C@@H]1O[C@@H](O[C@H](CO)[C@@H]2O[C@@H](O)[C@H](O)[C@H]2O)[C@H](O)[C@H]1O. The van der Waals surface area contributed by atoms with E-state index in [1.807, 2.05) is 0 Å². The fourth-order valence-electron chi connectivity index (χ4n) is 2.37. The van der Waals surface area contributed by atoms with E-state index in [0.717, 1.165) is 0 Å². The topological polar surface area (TPSA) is 169 Å². The van der Waals surface area contributed by atoms with E-state index in [9.17, 15) is 30.6 Å². The Morgan fingerprint density at radius 3 is 1.95 bits per heavy atom. The van der Waals surface area contributed by atoms with Gasteiger partial charge >= 0.3 is 0 Å². The summed E-state index contributed by atoms with van der Waals surface area (Å²) in [5.74, 6) is 0. The predicted octanol–water partition coefficient (Wildman–Crippen LogP) is -4.76. The Hall–Kier alpha value is -0.400. The second-order valence-electron chi connectivity index (χ2n) is 5.04. The second kappa shape index (κ2) is 6.79. The lowest BCUT2D eigenvalue weighted by Gasteiger charge is -2.27. The summed E-state index contributed by atoms with van der Waals surface area (Å²) in [6, 6.07) is 0. The summed E-state index contributed by atoms with van der Waals surface area (Å²) < 4.78 is 15.2. The standard InChI is InChI=1S/C11H20O10/c12-1-3-5(14)8(17)11(19-3)20-4(2-13)9-6(15)7(16)10(18)21-9/h3-18H,1-2H2/t3-,4+,5-,6+,7+,8+,9-,10+,11-/m0/s1. The van der Waals surface area contributed by atoms with E-state index in [2.05, 4.69) is 0 Å². The van der Waals surface area contributed by atoms with E-state index in [1.165, 1.54) is 0 Å². The number of ether oxygens (including phenoxy) is 3. The molecule has 0 radical (unpaired) electrons. The predicted molar refractivity (Wildman–Crippen MR) is 62.6 cm³/mol. The highest BCUT2D eigenvalue weighted by molar-refractivity contribution is 4.92. The zero-order chi connectivity index (χ0) is 15.7. The van der Waals surface area contributed by atoms with Crippen LogP contribution >= 0.6 is 0 Å². The molecule has 124 valence electrons. The molecule has 0 spiro atoms. The summed E-state index contributed by atoms with van der Waals surface area (Å²) >= 11 is 0. The molecule has 10 heteroatoms. The highest BCUT2D eigenvalue weighted by Gasteiger charge is 2.49. The molecule has 0 amide bonds. The minimum absolute atomic E-state index is 0.540. The molecule has 2 aliphatic heterocycles. The molecule has 21 heavy (non-hydrogen) atoms. The third kappa shape index (κ3) is 3.19. The van der Waals surface area contributed by atoms with Crippen molar-refractivity contribution in [1.82, 2.24) is 0 Å². The average Bonchev–Trinajstić information content (AvgIpc) is 2.89. The normalized spacial score (nSPS) is 48.7. The molecule has 0 aromatic rings. The minimum Gasteiger partial charge on any atom is -0.394 e. The molecule has 7 N–H and O–H groups in total. The molecule has 0 unspecified atom stereocenters. The van der Waals surface area contributed by atoms with Crippen LogP contribution in [0.25, 0.3) is 0 Å². The highest BCUT2D eigenvalue weighted by Crippen LogP contribution is 2.28. The Balaban J connectivity index is 2.00. The Bertz CT molecular complexity index is 341. The fraction of sp³-hybridized carbons (Fsp3) is 1.00. The van der Waals surface area contributed by atoms with Crippen LogP contribution in [0.3, 0.4) is 0 Å². The molecule has 2 heterocycles. The van der Waals surface area contributed by atoms with Crippen LogP contribution < -0.4 is 0 Å². The minimum atomic E-state index is -1.63. The van der Waals surface area contributed by atoms with Crippen molar-refractivity contribution >= 4 is 0 Å². The van der Waals surface area contributed by atoms with Crippen LogP contribution in [0.15, 0.2) is 0 Å². The van der Waals surface area contributed by atoms with Gasteiger partial charge in [-0.05, 0) is 0 Å². The number of aliphatic hydroxyl groups is 7. The van der Waals surface area contributed by atoms with Crippen molar-refractivity contribution in [1.29, 1.82) is 0 Å². The molecule has 9 atom stereocenters. The molecule has 10 nitrogen and oxygen atoms in total. The molecule has 2 saturated heterocycles. The van der Waals surface area contributed by atoms with Crippen LogP contribution in [0.4, 0.5) is 0 Å². The van der Waals surface area contributed by atoms with Gasteiger partial charge in [0.2, 0.25) is 0 Å². The van der Waals surface area contributed by atoms with Gasteiger partial charge in [-0.15, -0.1) is 0 Å². The summed E-state index contributed by atoms with van der Waals surface area (Å²) in [6.45, 7) is -1.20. The summed E-state index contributed by atoms with van der Waals surface area (Å²) in [7, 11) is 0. The molecule has 2 fully saturated rings. The smallest absolute Gasteiger partial charge is 0.187 e. The molecular weight excluding hydrogens is 292 g/mol. The molecule has 0 aromatic heterocycles. The van der Waals surface area contributed by atoms with Gasteiger partial charge in [-0.3, -0.25) is 0 Å². The van der Waals surface area contributed by atoms with Crippen LogP contribution in [0.1, 0.15) is 0 Å². The maximum Gasteiger partial charge on any atom is 0.187 e. The largest absolute Gasteiger partial charge is 0.394 e. The summed E-state index contributed by atoms with van der Waals surface area (Å²) in [6.07, 6.45) is -12.4. The Morgan fingerprint density at radius 2 is 1.52 bits per heavy atom. The second-order valence-corrected chi connectivity index (χ2v) is 5.04. The van der Waals surface area contributed by atoms with Crippen molar-refractivity contribution in [2.45, 2.75) is 55.3 Å². The quantitative estimate of drug-likeness (QED) is 0.261. The molecule has 0 aromatic carbocycles. The van der Waals surface area contributed by atoms with E-state index in [-0.39, 0.29) is 0 Å². The lowest BCUT2D eigenvalue weighted by molar-refractivity contribution is -0.235. The Kier molecular flexibility index (Phi) is 5.48. The summed E-state index contributed by atoms with van der Waals surface area (Å²) in [5.41, 5.74) is 0. The van der Waals surface area contributed by atoms with Crippen LogP contribution in [-0.4, -0.2) is 104 Å². The fourth-order valence-corrected chi connectivity index (χ4v) is 2.37. The van der Waals surface area contributed by atoms with Crippen molar-refractivity contribution in [3.05, 3.63) is 0 Å². The zero-order valence-electron chi connectivity index (χ0n) is 11.0. The van der Waals surface area contributed by atoms with Gasteiger partial charge in [-0.2, -0.15) is 0 Å². The van der Waals surface area contributed by atoms with E-state index < -0.39 is 68.5 Å². The van der Waals surface area contributed by atoms with Crippen molar-refractivity contribution in [2.24, 2.45) is 0 Å². The summed E-state index contributed by atoms with van der Waals surface area (Å²) in [5, 5.41) is 65.9. The third-order valence-corrected chi connectivity index (χ3v) is 3.63. The van der Waals surface area contributed by atoms with Gasteiger partial charge in [0.15, 0.2) is 12.6 Å². The first-order valence-corrected chi connectivity index (χ1v) is 6.49. The van der Waals surface area contributed by atoms with Gasteiger partial charge in [0.05, 0.1) is 13.2 Å². The lowest BCUT2D eigenvalue weighted by Crippen LogP contribution is -2.46. The number of hydrogen-bond acceptors (Lipinski definition) is 10. The van der Waals surface area contributed by atoms with Crippen LogP contribution in [0.2, 0.25) is 0 Å². The first-order valence-electron chi connectivity index (χ1n) is 6.49. The van der Waals surface area contributed by atoms with Gasteiger partial charge in [0.25, 0.3) is 0 Å². The van der Waals surface area contributed by atoms with Crippen molar-refractivity contribution in [3.63, 3.8) is 0 Å². The van der Waals surface area contributed by atoms with E-state index in [4.69, 9.17) is 19.3 Å². The van der Waals surface area contributed by atoms with Crippen LogP contribution in [0.5, 0.6) is 0 Å². The van der Waals surface area contributed by atoms with Gasteiger partial charge in [-0.1, -0.05) is 0 Å². The number of rotatable bonds is 5. The molecule has 0 aliphatic carbocycles. The number of aliphatic hydroxyl groups excluding tert-OH is 7. The molecular formula is C11H20O10. The summed E-state index contributed by atoms with van der Waals surface area (Å²) in [4.78, 5) is 0. The molecule has 2 aliphatic rings. The maximum absolute atomic E-state index is 9.72. The van der Waals surface area contributed by atoms with Gasteiger partial charge in [0.1, 0.15) is 42.7 Å². The van der Waals surface area contributed by atoms with Gasteiger partial charge in [0, 0.05) is 0 Å². The average molecular weight is 312 g/mol. The lowest BCUT2D eigenvalue weighted by atomic mass is 10.1. The van der Waals surface area contributed by atoms with E-state index in [0.29, 0.717) is 0 Å². The van der Waals surface area contributed by atoms with E-state index in [1.54, 1.807) is 0 Å². The zero-order valence-corrected chi connectivity index (χ0v) is 11.0. The highest BCUT2D eigenvalue weighted by atomic mass is 16.7. The van der Waals surface area contributed by atoms with Gasteiger partial charge in [-0.25, -0.2) is 0 Å². The van der Waals surface area contributed by atoms with Crippen LogP contribution in [0, 0.1) is 0 Å². The Morgan fingerprint density at radius 1 is 0.857 bits per heavy atom. The maximum atomic E-state index is 9.72. The Labute approximate surface area is 119 Å². The third-order valence-electron chi connectivity index (χ3n) is 3.63. The monoisotopic (exact) mass is 312 g/mol. The first-order chi connectivity index (χ1) is 9.90. The van der Waals surface area contributed by atoms with Crippen LogP contribution in [-0.2, 0) is 14.2 Å². The molecule has 2 rings (SSSR count). The first kappa shape index (κ1) is 17.0. The molecule has 0 saturated carbocycles. The van der Waals surface area contributed by atoms with Crippen molar-refractivity contribution < 1.29 is 50.0 Å². The number of hydrogen-bond donors (Lipinski definition) is 7.